The molecule has 1 aromatic rings. The van der Waals surface area contributed by atoms with E-state index in [4.69, 9.17) is 4.74 Å². The molecule has 0 saturated carbocycles. The lowest BCUT2D eigenvalue weighted by atomic mass is 10.1. The van der Waals surface area contributed by atoms with Gasteiger partial charge in [0, 0.05) is 11.3 Å². The number of hydrogen-bond donors (Lipinski definition) is 0. The predicted molar refractivity (Wildman–Crippen MR) is 84.1 cm³/mol. The van der Waals surface area contributed by atoms with Crippen LogP contribution < -0.4 is 0 Å². The highest BCUT2D eigenvalue weighted by molar-refractivity contribution is 8.00. The summed E-state index contributed by atoms with van der Waals surface area (Å²) >= 11 is 1.56. The highest BCUT2D eigenvalue weighted by Gasteiger charge is 2.43. The van der Waals surface area contributed by atoms with E-state index in [1.165, 1.54) is 18.2 Å². The number of nitrogens with zero attached hydrogens (tertiary/aromatic N) is 1. The number of halogens is 1. The first-order chi connectivity index (χ1) is 10.5. The molecule has 1 fully saturated rings. The van der Waals surface area contributed by atoms with Gasteiger partial charge in [-0.15, -0.1) is 11.8 Å². The largest absolute Gasteiger partial charge is 0.464 e. The van der Waals surface area contributed by atoms with Crippen molar-refractivity contribution in [2.75, 3.05) is 12.4 Å². The van der Waals surface area contributed by atoms with Crippen molar-refractivity contribution >= 4 is 23.6 Å². The second-order valence-corrected chi connectivity index (χ2v) is 6.61. The van der Waals surface area contributed by atoms with Crippen molar-refractivity contribution in [2.45, 2.75) is 32.2 Å². The van der Waals surface area contributed by atoms with Crippen LogP contribution in [0.4, 0.5) is 4.39 Å². The van der Waals surface area contributed by atoms with Gasteiger partial charge in [-0.3, -0.25) is 4.79 Å². The van der Waals surface area contributed by atoms with Gasteiger partial charge in [-0.05, 0) is 31.0 Å². The molecule has 0 spiro atoms. The van der Waals surface area contributed by atoms with Gasteiger partial charge in [-0.2, -0.15) is 0 Å². The highest BCUT2D eigenvalue weighted by atomic mass is 32.2. The second-order valence-electron chi connectivity index (χ2n) is 5.46. The van der Waals surface area contributed by atoms with E-state index in [0.717, 1.165) is 0 Å². The Kier molecular flexibility index (Phi) is 5.45. The molecule has 0 aliphatic carbocycles. The fourth-order valence-corrected chi connectivity index (χ4v) is 3.95. The van der Waals surface area contributed by atoms with Gasteiger partial charge >= 0.3 is 5.97 Å². The summed E-state index contributed by atoms with van der Waals surface area (Å²) in [7, 11) is 0. The number of amides is 1. The lowest BCUT2D eigenvalue weighted by Crippen LogP contribution is -2.47. The van der Waals surface area contributed by atoms with Crippen molar-refractivity contribution in [3.05, 3.63) is 35.6 Å². The molecule has 1 aromatic carbocycles. The molecule has 4 nitrogen and oxygen atoms in total. The summed E-state index contributed by atoms with van der Waals surface area (Å²) in [5.41, 5.74) is 0.252. The number of benzene rings is 1. The summed E-state index contributed by atoms with van der Waals surface area (Å²) in [6.45, 7) is 6.00. The normalized spacial score (nSPS) is 21.2. The van der Waals surface area contributed by atoms with Gasteiger partial charge in [0.25, 0.3) is 5.91 Å². The van der Waals surface area contributed by atoms with E-state index in [2.05, 4.69) is 0 Å². The van der Waals surface area contributed by atoms with Crippen LogP contribution in [0.3, 0.4) is 0 Å². The minimum absolute atomic E-state index is 0.120. The molecule has 0 aromatic heterocycles. The number of carbonyl (C=O) groups excluding carboxylic acids is 2. The number of rotatable bonds is 4. The van der Waals surface area contributed by atoms with Crippen molar-refractivity contribution in [3.63, 3.8) is 0 Å². The van der Waals surface area contributed by atoms with Gasteiger partial charge in [0.15, 0.2) is 0 Å². The summed E-state index contributed by atoms with van der Waals surface area (Å²) in [4.78, 5) is 26.4. The zero-order valence-corrected chi connectivity index (χ0v) is 13.7. The molecule has 2 unspecified atom stereocenters. The van der Waals surface area contributed by atoms with Crippen LogP contribution in [0.5, 0.6) is 0 Å². The zero-order chi connectivity index (χ0) is 16.3. The lowest BCUT2D eigenvalue weighted by Gasteiger charge is -2.30. The molecule has 2 rings (SSSR count). The quantitative estimate of drug-likeness (QED) is 0.799. The van der Waals surface area contributed by atoms with Crippen molar-refractivity contribution in [2.24, 2.45) is 5.92 Å². The topological polar surface area (TPSA) is 46.6 Å². The highest BCUT2D eigenvalue weighted by Crippen LogP contribution is 2.35. The van der Waals surface area contributed by atoms with Gasteiger partial charge in [-0.1, -0.05) is 19.9 Å². The smallest absolute Gasteiger partial charge is 0.329 e. The van der Waals surface area contributed by atoms with E-state index in [0.29, 0.717) is 5.75 Å². The van der Waals surface area contributed by atoms with Crippen LogP contribution >= 0.6 is 11.8 Å². The van der Waals surface area contributed by atoms with Gasteiger partial charge in [0.2, 0.25) is 0 Å². The Hall–Kier alpha value is -1.56. The van der Waals surface area contributed by atoms with Crippen LogP contribution in [-0.4, -0.2) is 40.6 Å². The van der Waals surface area contributed by atoms with E-state index >= 15 is 0 Å². The molecule has 1 saturated heterocycles. The summed E-state index contributed by atoms with van der Waals surface area (Å²) < 4.78 is 18.5. The lowest BCUT2D eigenvalue weighted by molar-refractivity contribution is -0.147. The number of thioether (sulfide) groups is 1. The van der Waals surface area contributed by atoms with Gasteiger partial charge in [0.1, 0.15) is 11.9 Å². The molecular formula is C16H20FNO3S. The monoisotopic (exact) mass is 325 g/mol. The minimum atomic E-state index is -0.617. The molecule has 1 aliphatic heterocycles. The fraction of sp³-hybridized carbons (Fsp3) is 0.500. The molecule has 1 heterocycles. The summed E-state index contributed by atoms with van der Waals surface area (Å²) in [5, 5.41) is -0.120. The molecule has 1 amide bonds. The summed E-state index contributed by atoms with van der Waals surface area (Å²) in [6, 6.07) is 4.93. The van der Waals surface area contributed by atoms with Crippen LogP contribution in [0, 0.1) is 11.7 Å². The average Bonchev–Trinajstić information content (AvgIpc) is 2.91. The maximum atomic E-state index is 13.4. The first kappa shape index (κ1) is 16.8. The third-order valence-corrected chi connectivity index (χ3v) is 5.09. The third kappa shape index (κ3) is 3.43. The van der Waals surface area contributed by atoms with Crippen LogP contribution in [-0.2, 0) is 9.53 Å². The standard InChI is InChI=1S/C16H20FNO3S/c1-4-21-16(20)13-9-22-15(10(2)3)18(13)14(19)11-6-5-7-12(17)8-11/h5-8,10,13,15H,4,9H2,1-3H3. The molecule has 22 heavy (non-hydrogen) atoms. The molecule has 2 atom stereocenters. The van der Waals surface area contributed by atoms with Crippen LogP contribution in [0.25, 0.3) is 0 Å². The number of esters is 1. The average molecular weight is 325 g/mol. The fourth-order valence-electron chi connectivity index (χ4n) is 2.49. The Morgan fingerprint density at radius 2 is 2.18 bits per heavy atom. The minimum Gasteiger partial charge on any atom is -0.464 e. The van der Waals surface area contributed by atoms with E-state index in [9.17, 15) is 14.0 Å². The summed E-state index contributed by atoms with van der Waals surface area (Å²) in [5.74, 6) is -0.513. The Balaban J connectivity index is 2.31. The first-order valence-electron chi connectivity index (χ1n) is 7.32. The Labute approximate surface area is 134 Å². The Bertz CT molecular complexity index is 564. The molecule has 0 bridgehead atoms. The van der Waals surface area contributed by atoms with Crippen molar-refractivity contribution < 1.29 is 18.7 Å². The molecule has 1 aliphatic rings. The number of ether oxygens (including phenoxy) is 1. The first-order valence-corrected chi connectivity index (χ1v) is 8.37. The van der Waals surface area contributed by atoms with Crippen LogP contribution in [0.1, 0.15) is 31.1 Å². The van der Waals surface area contributed by atoms with Crippen molar-refractivity contribution in [1.29, 1.82) is 0 Å². The zero-order valence-electron chi connectivity index (χ0n) is 12.9. The van der Waals surface area contributed by atoms with E-state index in [-0.39, 0.29) is 29.4 Å². The van der Waals surface area contributed by atoms with E-state index in [1.54, 1.807) is 29.7 Å². The third-order valence-electron chi connectivity index (χ3n) is 3.47. The predicted octanol–water partition coefficient (Wildman–Crippen LogP) is 2.93. The maximum Gasteiger partial charge on any atom is 0.329 e. The van der Waals surface area contributed by atoms with Gasteiger partial charge in [-0.25, -0.2) is 9.18 Å². The molecule has 6 heteroatoms. The van der Waals surface area contributed by atoms with Crippen molar-refractivity contribution in [1.82, 2.24) is 4.90 Å². The molecule has 0 N–H and O–H groups in total. The molecular weight excluding hydrogens is 305 g/mol. The van der Waals surface area contributed by atoms with Crippen molar-refractivity contribution in [3.8, 4) is 0 Å². The number of carbonyl (C=O) groups is 2. The molecule has 0 radical (unpaired) electrons. The SMILES string of the molecule is CCOC(=O)C1CSC(C(C)C)N1C(=O)c1cccc(F)c1. The Morgan fingerprint density at radius 3 is 2.77 bits per heavy atom. The van der Waals surface area contributed by atoms with Gasteiger partial charge < -0.3 is 9.64 Å². The Morgan fingerprint density at radius 1 is 1.45 bits per heavy atom. The second kappa shape index (κ2) is 7.13. The van der Waals surface area contributed by atoms with Crippen LogP contribution in [0.15, 0.2) is 24.3 Å². The maximum absolute atomic E-state index is 13.4. The summed E-state index contributed by atoms with van der Waals surface area (Å²) in [6.07, 6.45) is 0. The van der Waals surface area contributed by atoms with E-state index in [1.807, 2.05) is 13.8 Å². The molecule has 120 valence electrons. The van der Waals surface area contributed by atoms with Gasteiger partial charge in [0.05, 0.1) is 12.0 Å². The number of hydrogen-bond acceptors (Lipinski definition) is 4. The van der Waals surface area contributed by atoms with Crippen LogP contribution in [0.2, 0.25) is 0 Å². The van der Waals surface area contributed by atoms with E-state index < -0.39 is 17.8 Å².